The Morgan fingerprint density at radius 2 is 2.00 bits per heavy atom. The third kappa shape index (κ3) is 5.63. The van der Waals surface area contributed by atoms with E-state index >= 15 is 0 Å². The van der Waals surface area contributed by atoms with Gasteiger partial charge in [0.25, 0.3) is 5.91 Å². The van der Waals surface area contributed by atoms with Crippen molar-refractivity contribution in [3.05, 3.63) is 69.1 Å². The molecule has 3 amide bonds. The molecule has 1 aliphatic rings. The van der Waals surface area contributed by atoms with Gasteiger partial charge in [-0.15, -0.1) is 10.2 Å². The van der Waals surface area contributed by atoms with Crippen molar-refractivity contribution in [1.29, 1.82) is 0 Å². The van der Waals surface area contributed by atoms with Gasteiger partial charge in [-0.25, -0.2) is 0 Å². The highest BCUT2D eigenvalue weighted by atomic mass is 79.9. The molecule has 1 aromatic heterocycles. The van der Waals surface area contributed by atoms with Gasteiger partial charge in [0.2, 0.25) is 16.9 Å². The second-order valence-electron chi connectivity index (χ2n) is 7.70. The molecule has 4 rings (SSSR count). The molecule has 10 heteroatoms. The van der Waals surface area contributed by atoms with Crippen molar-refractivity contribution in [1.82, 2.24) is 15.5 Å². The summed E-state index contributed by atoms with van der Waals surface area (Å²) < 4.78 is 0.839. The average molecular weight is 528 g/mol. The van der Waals surface area contributed by atoms with Crippen LogP contribution in [-0.2, 0) is 16.0 Å². The third-order valence-corrected chi connectivity index (χ3v) is 6.70. The number of para-hydroxylation sites is 1. The molecule has 1 saturated heterocycles. The fourth-order valence-electron chi connectivity index (χ4n) is 3.61. The summed E-state index contributed by atoms with van der Waals surface area (Å²) in [6, 6.07) is 14.8. The zero-order valence-electron chi connectivity index (χ0n) is 17.9. The quantitative estimate of drug-likeness (QED) is 0.488. The van der Waals surface area contributed by atoms with E-state index in [0.29, 0.717) is 35.2 Å². The largest absolute Gasteiger partial charge is 0.352 e. The van der Waals surface area contributed by atoms with Crippen molar-refractivity contribution in [3.8, 4) is 0 Å². The van der Waals surface area contributed by atoms with Crippen LogP contribution in [0, 0.1) is 12.8 Å². The maximum atomic E-state index is 12.7. The summed E-state index contributed by atoms with van der Waals surface area (Å²) >= 11 is 4.61. The number of benzene rings is 2. The molecule has 0 spiro atoms. The van der Waals surface area contributed by atoms with Gasteiger partial charge in [-0.3, -0.25) is 14.4 Å². The number of carbonyl (C=O) groups excluding carboxylic acids is 3. The van der Waals surface area contributed by atoms with Gasteiger partial charge < -0.3 is 15.5 Å². The number of amides is 3. The Balaban J connectivity index is 1.28. The molecule has 0 radical (unpaired) electrons. The molecule has 1 fully saturated rings. The van der Waals surface area contributed by atoms with Crippen molar-refractivity contribution in [2.75, 3.05) is 23.3 Å². The predicted octanol–water partition coefficient (Wildman–Crippen LogP) is 3.57. The molecule has 2 N–H and O–H groups in total. The Morgan fingerprint density at radius 1 is 1.18 bits per heavy atom. The molecule has 33 heavy (non-hydrogen) atoms. The number of rotatable bonds is 7. The summed E-state index contributed by atoms with van der Waals surface area (Å²) in [5.74, 6) is -0.930. The minimum Gasteiger partial charge on any atom is -0.352 e. The van der Waals surface area contributed by atoms with Crippen LogP contribution >= 0.6 is 27.3 Å². The van der Waals surface area contributed by atoms with Gasteiger partial charge >= 0.3 is 0 Å². The number of hydrogen-bond donors (Lipinski definition) is 2. The molecule has 1 unspecified atom stereocenters. The summed E-state index contributed by atoms with van der Waals surface area (Å²) in [6.07, 6.45) is 0.656. The van der Waals surface area contributed by atoms with Crippen LogP contribution in [0.2, 0.25) is 0 Å². The lowest BCUT2D eigenvalue weighted by molar-refractivity contribution is -0.122. The molecule has 8 nitrogen and oxygen atoms in total. The number of anilines is 2. The minimum atomic E-state index is -0.450. The smallest absolute Gasteiger partial charge is 0.251 e. The van der Waals surface area contributed by atoms with E-state index in [9.17, 15) is 14.4 Å². The van der Waals surface area contributed by atoms with E-state index in [-0.39, 0.29) is 24.1 Å². The second kappa shape index (κ2) is 10.2. The molecule has 0 aliphatic carbocycles. The lowest BCUT2D eigenvalue weighted by Gasteiger charge is -2.18. The van der Waals surface area contributed by atoms with Crippen LogP contribution < -0.4 is 15.5 Å². The number of nitrogens with zero attached hydrogens (tertiary/aromatic N) is 3. The lowest BCUT2D eigenvalue weighted by atomic mass is 10.1. The molecule has 170 valence electrons. The van der Waals surface area contributed by atoms with E-state index in [2.05, 4.69) is 36.8 Å². The van der Waals surface area contributed by atoms with Crippen LogP contribution in [0.5, 0.6) is 0 Å². The first-order chi connectivity index (χ1) is 15.9. The van der Waals surface area contributed by atoms with Crippen molar-refractivity contribution in [2.24, 2.45) is 5.92 Å². The van der Waals surface area contributed by atoms with Crippen LogP contribution in [0.1, 0.15) is 27.3 Å². The number of aryl methyl sites for hydroxylation is 1. The summed E-state index contributed by atoms with van der Waals surface area (Å²) in [5, 5.41) is 14.8. The number of hydrogen-bond acceptors (Lipinski definition) is 6. The van der Waals surface area contributed by atoms with Crippen LogP contribution in [0.15, 0.2) is 53.0 Å². The van der Waals surface area contributed by atoms with Gasteiger partial charge in [0.05, 0.1) is 5.92 Å². The first kappa shape index (κ1) is 23.1. The Labute approximate surface area is 203 Å². The number of halogens is 1. The van der Waals surface area contributed by atoms with E-state index in [1.54, 1.807) is 23.1 Å². The van der Waals surface area contributed by atoms with Crippen LogP contribution in [0.25, 0.3) is 0 Å². The van der Waals surface area contributed by atoms with Gasteiger partial charge in [0, 0.05) is 41.7 Å². The summed E-state index contributed by atoms with van der Waals surface area (Å²) in [5.41, 5.74) is 2.40. The molecule has 0 saturated carbocycles. The van der Waals surface area contributed by atoms with Crippen molar-refractivity contribution in [2.45, 2.75) is 19.8 Å². The number of nitrogens with one attached hydrogen (secondary N) is 2. The molecule has 0 bridgehead atoms. The highest BCUT2D eigenvalue weighted by Crippen LogP contribution is 2.28. The molecule has 2 heterocycles. The zero-order chi connectivity index (χ0) is 23.4. The summed E-state index contributed by atoms with van der Waals surface area (Å²) in [7, 11) is 0. The minimum absolute atomic E-state index is 0.0661. The van der Waals surface area contributed by atoms with Crippen molar-refractivity contribution in [3.63, 3.8) is 0 Å². The van der Waals surface area contributed by atoms with E-state index < -0.39 is 5.92 Å². The van der Waals surface area contributed by atoms with Gasteiger partial charge in [0.1, 0.15) is 5.01 Å². The monoisotopic (exact) mass is 527 g/mol. The average Bonchev–Trinajstić information content (AvgIpc) is 3.40. The second-order valence-corrected chi connectivity index (χ2v) is 9.68. The van der Waals surface area contributed by atoms with Crippen molar-refractivity contribution >= 4 is 55.8 Å². The van der Waals surface area contributed by atoms with Gasteiger partial charge in [-0.05, 0) is 36.8 Å². The van der Waals surface area contributed by atoms with E-state index in [0.717, 1.165) is 15.7 Å². The van der Waals surface area contributed by atoms with E-state index in [1.807, 2.05) is 37.3 Å². The first-order valence-electron chi connectivity index (χ1n) is 10.4. The van der Waals surface area contributed by atoms with Crippen LogP contribution in [0.3, 0.4) is 0 Å². The predicted molar refractivity (Wildman–Crippen MR) is 130 cm³/mol. The number of carbonyl (C=O) groups is 3. The molecule has 2 aromatic carbocycles. The van der Waals surface area contributed by atoms with Gasteiger partial charge in [-0.1, -0.05) is 51.5 Å². The SMILES string of the molecule is Cc1ccccc1N1CC(C(=O)Nc2nnc(CCNC(=O)c3cccc(Br)c3)s2)CC1=O. The molecule has 3 aromatic rings. The number of aromatic nitrogens is 2. The normalized spacial score (nSPS) is 15.5. The maximum absolute atomic E-state index is 12.7. The highest BCUT2D eigenvalue weighted by molar-refractivity contribution is 9.10. The van der Waals surface area contributed by atoms with Crippen molar-refractivity contribution < 1.29 is 14.4 Å². The lowest BCUT2D eigenvalue weighted by Crippen LogP contribution is -2.28. The van der Waals surface area contributed by atoms with E-state index in [4.69, 9.17) is 0 Å². The molecule has 1 aliphatic heterocycles. The standard InChI is InChI=1S/C23H22BrN5O3S/c1-14-5-2-3-8-18(14)29-13-16(12-20(29)30)22(32)26-23-28-27-19(33-23)9-10-25-21(31)15-6-4-7-17(24)11-15/h2-8,11,16H,9-10,12-13H2,1H3,(H,25,31)(H,26,28,32). The zero-order valence-corrected chi connectivity index (χ0v) is 20.3. The molecule has 1 atom stereocenters. The van der Waals surface area contributed by atoms with Gasteiger partial charge in [0.15, 0.2) is 0 Å². The third-order valence-electron chi connectivity index (χ3n) is 5.31. The van der Waals surface area contributed by atoms with Crippen LogP contribution in [-0.4, -0.2) is 41.0 Å². The Bertz CT molecular complexity index is 1200. The van der Waals surface area contributed by atoms with Crippen LogP contribution in [0.4, 0.5) is 10.8 Å². The maximum Gasteiger partial charge on any atom is 0.251 e. The Hall–Kier alpha value is -3.11. The Morgan fingerprint density at radius 3 is 2.79 bits per heavy atom. The van der Waals surface area contributed by atoms with E-state index in [1.165, 1.54) is 11.3 Å². The first-order valence-corrected chi connectivity index (χ1v) is 12.0. The fraction of sp³-hybridized carbons (Fsp3) is 0.261. The molecular weight excluding hydrogens is 506 g/mol. The summed E-state index contributed by atoms with van der Waals surface area (Å²) in [4.78, 5) is 39.1. The summed E-state index contributed by atoms with van der Waals surface area (Å²) in [6.45, 7) is 2.68. The molecular formula is C23H22BrN5O3S. The fourth-order valence-corrected chi connectivity index (χ4v) is 4.75. The Kier molecular flexibility index (Phi) is 7.14. The highest BCUT2D eigenvalue weighted by Gasteiger charge is 2.36. The topological polar surface area (TPSA) is 104 Å². The van der Waals surface area contributed by atoms with Gasteiger partial charge in [-0.2, -0.15) is 0 Å².